The molecule has 3 atom stereocenters. The van der Waals surface area contributed by atoms with Gasteiger partial charge in [0, 0.05) is 12.0 Å². The summed E-state index contributed by atoms with van der Waals surface area (Å²) in [6.07, 6.45) is 9.15. The van der Waals surface area contributed by atoms with E-state index in [9.17, 15) is 0 Å². The first-order valence-electron chi connectivity index (χ1n) is 8.89. The zero-order chi connectivity index (χ0) is 15.3. The topological polar surface area (TPSA) is 42.5 Å². The smallest absolute Gasteiger partial charge is 0.168 e. The Kier molecular flexibility index (Phi) is 3.86. The normalized spacial score (nSPS) is 49.9. The molecule has 22 heavy (non-hydrogen) atoms. The van der Waals surface area contributed by atoms with Crippen LogP contribution in [0.4, 0.5) is 0 Å². The molecule has 124 valence electrons. The Morgan fingerprint density at radius 2 is 1.55 bits per heavy atom. The van der Waals surface area contributed by atoms with Crippen LogP contribution in [0.3, 0.4) is 0 Å². The van der Waals surface area contributed by atoms with Crippen LogP contribution in [0.2, 0.25) is 0 Å². The van der Waals surface area contributed by atoms with Crippen molar-refractivity contribution in [2.45, 2.75) is 83.0 Å². The molecule has 0 amide bonds. The third kappa shape index (κ3) is 3.00. The monoisotopic (exact) mass is 324 g/mol. The third-order valence-electron chi connectivity index (χ3n) is 6.03. The molecule has 5 rings (SSSR count). The number of hydrogen-bond acceptors (Lipinski definition) is 3. The van der Waals surface area contributed by atoms with Crippen molar-refractivity contribution in [3.8, 4) is 0 Å². The van der Waals surface area contributed by atoms with Crippen LogP contribution in [-0.2, 0) is 9.47 Å². The number of thiocarbonyl (C=S) groups is 1. The molecule has 1 saturated heterocycles. The molecule has 5 heteroatoms. The largest absolute Gasteiger partial charge is 0.357 e. The summed E-state index contributed by atoms with van der Waals surface area (Å²) in [6, 6.07) is 0. The third-order valence-corrected chi connectivity index (χ3v) is 6.25. The van der Waals surface area contributed by atoms with E-state index in [1.165, 1.54) is 38.5 Å². The van der Waals surface area contributed by atoms with Crippen LogP contribution < -0.4 is 10.6 Å². The summed E-state index contributed by atoms with van der Waals surface area (Å²) in [4.78, 5) is 0. The summed E-state index contributed by atoms with van der Waals surface area (Å²) < 4.78 is 11.4. The Hall–Kier alpha value is -0.390. The minimum absolute atomic E-state index is 0.0346. The Bertz CT molecular complexity index is 411. The van der Waals surface area contributed by atoms with Crippen LogP contribution in [0.25, 0.3) is 0 Å². The van der Waals surface area contributed by atoms with Gasteiger partial charge in [-0.2, -0.15) is 0 Å². The zero-order valence-electron chi connectivity index (χ0n) is 13.6. The fraction of sp³-hybridized carbons (Fsp3) is 0.941. The number of ether oxygens (including phenoxy) is 2. The van der Waals surface area contributed by atoms with Crippen molar-refractivity contribution in [2.24, 2.45) is 17.8 Å². The Morgan fingerprint density at radius 3 is 2.09 bits per heavy atom. The number of hydrogen-bond donors (Lipinski definition) is 2. The Balaban J connectivity index is 1.36. The van der Waals surface area contributed by atoms with E-state index in [2.05, 4.69) is 17.6 Å². The second-order valence-corrected chi connectivity index (χ2v) is 8.58. The lowest BCUT2D eigenvalue weighted by molar-refractivity contribution is -0.232. The van der Waals surface area contributed by atoms with E-state index in [1.54, 1.807) is 0 Å². The van der Waals surface area contributed by atoms with E-state index >= 15 is 0 Å². The highest BCUT2D eigenvalue weighted by atomic mass is 32.1. The molecule has 0 aromatic carbocycles. The van der Waals surface area contributed by atoms with Crippen LogP contribution in [0, 0.1) is 17.8 Å². The molecule has 4 bridgehead atoms. The average molecular weight is 324 g/mol. The van der Waals surface area contributed by atoms with Crippen LogP contribution in [0.1, 0.15) is 58.8 Å². The van der Waals surface area contributed by atoms with E-state index in [-0.39, 0.29) is 24.2 Å². The lowest BCUT2D eigenvalue weighted by Crippen LogP contribution is -2.62. The van der Waals surface area contributed by atoms with Crippen molar-refractivity contribution in [1.29, 1.82) is 0 Å². The lowest BCUT2D eigenvalue weighted by Gasteiger charge is -2.57. The summed E-state index contributed by atoms with van der Waals surface area (Å²) in [5.74, 6) is 2.79. The molecule has 0 aromatic heterocycles. The van der Waals surface area contributed by atoms with Crippen LogP contribution in [0.15, 0.2) is 0 Å². The van der Waals surface area contributed by atoms with Gasteiger partial charge >= 0.3 is 0 Å². The lowest BCUT2D eigenvalue weighted by atomic mass is 9.53. The molecule has 5 aliphatic rings. The standard InChI is InChI=1S/C17H28N2O2S/c1-10-3-15(21-11(2)20-10)18-16(22)19-17-7-12-4-13(8-17)6-14(5-12)9-17/h10-15H,3-9H2,1-2H3,(H2,18,19,22)/t10-,11-,12?,13?,14?,15-,17?/m0/s1. The van der Waals surface area contributed by atoms with Gasteiger partial charge in [-0.1, -0.05) is 0 Å². The highest BCUT2D eigenvalue weighted by Crippen LogP contribution is 2.55. The minimum Gasteiger partial charge on any atom is -0.357 e. The first kappa shape index (κ1) is 15.2. The second-order valence-electron chi connectivity index (χ2n) is 8.17. The van der Waals surface area contributed by atoms with E-state index in [4.69, 9.17) is 21.7 Å². The summed E-state index contributed by atoms with van der Waals surface area (Å²) in [5.41, 5.74) is 0.265. The molecule has 2 N–H and O–H groups in total. The average Bonchev–Trinajstić information content (AvgIpc) is 2.33. The molecular weight excluding hydrogens is 296 g/mol. The van der Waals surface area contributed by atoms with Gasteiger partial charge in [0.15, 0.2) is 11.4 Å². The summed E-state index contributed by atoms with van der Waals surface area (Å²) in [6.45, 7) is 4.03. The van der Waals surface area contributed by atoms with E-state index < -0.39 is 0 Å². The fourth-order valence-electron chi connectivity index (χ4n) is 5.78. The first-order chi connectivity index (χ1) is 10.5. The summed E-state index contributed by atoms with van der Waals surface area (Å²) in [5, 5.41) is 7.85. The van der Waals surface area contributed by atoms with Gasteiger partial charge in [0.1, 0.15) is 6.23 Å². The molecule has 4 aliphatic carbocycles. The maximum atomic E-state index is 5.79. The number of nitrogens with one attached hydrogen (secondary N) is 2. The van der Waals surface area contributed by atoms with Crippen molar-refractivity contribution >= 4 is 17.3 Å². The fourth-order valence-corrected chi connectivity index (χ4v) is 6.13. The van der Waals surface area contributed by atoms with Crippen molar-refractivity contribution in [3.05, 3.63) is 0 Å². The highest BCUT2D eigenvalue weighted by Gasteiger charge is 2.51. The molecule has 0 spiro atoms. The predicted octanol–water partition coefficient (Wildman–Crippen LogP) is 2.92. The van der Waals surface area contributed by atoms with Crippen LogP contribution in [0.5, 0.6) is 0 Å². The molecular formula is C17H28N2O2S. The minimum atomic E-state index is -0.163. The molecule has 1 aliphatic heterocycles. The van der Waals surface area contributed by atoms with Gasteiger partial charge in [-0.3, -0.25) is 0 Å². The SMILES string of the molecule is C[C@H]1O[C@@H](C)C[C@@H](NC(=S)NC23CC4CC(CC(C4)C2)C3)O1. The van der Waals surface area contributed by atoms with Crippen molar-refractivity contribution in [3.63, 3.8) is 0 Å². The zero-order valence-corrected chi connectivity index (χ0v) is 14.5. The van der Waals surface area contributed by atoms with Crippen molar-refractivity contribution in [1.82, 2.24) is 10.6 Å². The van der Waals surface area contributed by atoms with Gasteiger partial charge in [-0.05, 0) is 82.3 Å². The molecule has 0 unspecified atom stereocenters. The second kappa shape index (κ2) is 5.60. The molecule has 4 saturated carbocycles. The quantitative estimate of drug-likeness (QED) is 0.765. The maximum absolute atomic E-state index is 5.79. The van der Waals surface area contributed by atoms with Gasteiger partial charge in [0.25, 0.3) is 0 Å². The highest BCUT2D eigenvalue weighted by molar-refractivity contribution is 7.80. The maximum Gasteiger partial charge on any atom is 0.168 e. The van der Waals surface area contributed by atoms with Gasteiger partial charge < -0.3 is 20.1 Å². The first-order valence-corrected chi connectivity index (χ1v) is 9.30. The van der Waals surface area contributed by atoms with Crippen LogP contribution in [-0.4, -0.2) is 29.3 Å². The molecule has 0 aromatic rings. The van der Waals surface area contributed by atoms with Crippen molar-refractivity contribution < 1.29 is 9.47 Å². The van der Waals surface area contributed by atoms with Crippen LogP contribution >= 0.6 is 12.2 Å². The Morgan fingerprint density at radius 1 is 0.955 bits per heavy atom. The van der Waals surface area contributed by atoms with Gasteiger partial charge in [0.05, 0.1) is 6.10 Å². The summed E-state index contributed by atoms with van der Waals surface area (Å²) in [7, 11) is 0. The van der Waals surface area contributed by atoms with Crippen molar-refractivity contribution in [2.75, 3.05) is 0 Å². The number of rotatable bonds is 2. The molecule has 0 radical (unpaired) electrons. The molecule has 1 heterocycles. The Labute approximate surface area is 138 Å². The van der Waals surface area contributed by atoms with Gasteiger partial charge in [-0.25, -0.2) is 0 Å². The summed E-state index contributed by atoms with van der Waals surface area (Å²) >= 11 is 5.60. The van der Waals surface area contributed by atoms with E-state index in [1.807, 2.05) is 6.92 Å². The van der Waals surface area contributed by atoms with E-state index in [0.29, 0.717) is 0 Å². The van der Waals surface area contributed by atoms with Gasteiger partial charge in [0.2, 0.25) is 0 Å². The van der Waals surface area contributed by atoms with E-state index in [0.717, 1.165) is 29.3 Å². The predicted molar refractivity (Wildman–Crippen MR) is 89.3 cm³/mol. The van der Waals surface area contributed by atoms with Gasteiger partial charge in [-0.15, -0.1) is 0 Å². The molecule has 5 fully saturated rings. The molecule has 4 nitrogen and oxygen atoms in total.